The van der Waals surface area contributed by atoms with Gasteiger partial charge in [0, 0.05) is 33.1 Å². The van der Waals surface area contributed by atoms with Gasteiger partial charge in [-0.25, -0.2) is 13.4 Å². The molecular weight excluding hydrogens is 487 g/mol. The number of sulfone groups is 1. The Bertz CT molecular complexity index is 684. The molecule has 0 aromatic carbocycles. The molecule has 0 bridgehead atoms. The molecule has 0 saturated heterocycles. The van der Waals surface area contributed by atoms with Crippen LogP contribution >= 0.6 is 35.3 Å². The zero-order chi connectivity index (χ0) is 19.3. The fourth-order valence-corrected chi connectivity index (χ4v) is 3.81. The second-order valence-electron chi connectivity index (χ2n) is 6.82. The van der Waals surface area contributed by atoms with E-state index in [1.54, 1.807) is 46.3 Å². The van der Waals surface area contributed by atoms with Gasteiger partial charge in [0.25, 0.3) is 0 Å². The van der Waals surface area contributed by atoms with Gasteiger partial charge in [0.2, 0.25) is 0 Å². The molecule has 0 spiro atoms. The summed E-state index contributed by atoms with van der Waals surface area (Å²) in [7, 11) is 2.08. The number of hydrogen-bond donors (Lipinski definition) is 1. The van der Waals surface area contributed by atoms with Gasteiger partial charge in [-0.05, 0) is 27.7 Å². The van der Waals surface area contributed by atoms with Crippen LogP contribution < -0.4 is 5.32 Å². The van der Waals surface area contributed by atoms with Gasteiger partial charge in [0.15, 0.2) is 15.8 Å². The normalized spacial score (nSPS) is 13.9. The van der Waals surface area contributed by atoms with Crippen molar-refractivity contribution in [2.75, 3.05) is 33.5 Å². The highest BCUT2D eigenvalue weighted by atomic mass is 127. The quantitative estimate of drug-likeness (QED) is 0.340. The van der Waals surface area contributed by atoms with E-state index < -0.39 is 14.6 Å². The smallest absolute Gasteiger partial charge is 0.193 e. The molecule has 1 aromatic rings. The van der Waals surface area contributed by atoms with Gasteiger partial charge in [-0.15, -0.1) is 35.3 Å². The molecule has 0 radical (unpaired) electrons. The van der Waals surface area contributed by atoms with E-state index in [0.717, 1.165) is 10.7 Å². The maximum atomic E-state index is 12.2. The van der Waals surface area contributed by atoms with E-state index in [9.17, 15) is 8.42 Å². The van der Waals surface area contributed by atoms with Gasteiger partial charge < -0.3 is 15.0 Å². The topological polar surface area (TPSA) is 83.9 Å². The summed E-state index contributed by atoms with van der Waals surface area (Å²) in [6.45, 7) is 8.00. The van der Waals surface area contributed by atoms with Gasteiger partial charge in [-0.1, -0.05) is 0 Å². The Balaban J connectivity index is 0.00000625. The second-order valence-corrected chi connectivity index (χ2v) is 10.6. The summed E-state index contributed by atoms with van der Waals surface area (Å²) in [6, 6.07) is 0. The minimum absolute atomic E-state index is 0. The van der Waals surface area contributed by atoms with Crippen LogP contribution in [0, 0.1) is 0 Å². The zero-order valence-electron chi connectivity index (χ0n) is 16.6. The van der Waals surface area contributed by atoms with Crippen LogP contribution in [0.5, 0.6) is 0 Å². The molecular formula is C16H31IN4O3S2. The monoisotopic (exact) mass is 518 g/mol. The number of rotatable bonds is 7. The molecule has 1 N–H and O–H groups in total. The summed E-state index contributed by atoms with van der Waals surface area (Å²) in [6.07, 6.45) is -0.0240. The summed E-state index contributed by atoms with van der Waals surface area (Å²) in [5.41, 5.74) is 0.927. The predicted molar refractivity (Wildman–Crippen MR) is 119 cm³/mol. The molecule has 10 heteroatoms. The number of aliphatic imine (C=N–C) groups is 1. The third-order valence-electron chi connectivity index (χ3n) is 3.83. The maximum absolute atomic E-state index is 12.2. The predicted octanol–water partition coefficient (Wildman–Crippen LogP) is 2.69. The SMILES string of the molecule is CN=C(NCCS(=O)(=O)C(C)(C)C)N(C)Cc1csc(C(C)OC)n1.I. The van der Waals surface area contributed by atoms with E-state index in [0.29, 0.717) is 19.0 Å². The third-order valence-corrected chi connectivity index (χ3v) is 7.49. The molecule has 7 nitrogen and oxygen atoms in total. The van der Waals surface area contributed by atoms with Crippen molar-refractivity contribution >= 4 is 51.1 Å². The van der Waals surface area contributed by atoms with Crippen LogP contribution in [0.4, 0.5) is 0 Å². The summed E-state index contributed by atoms with van der Waals surface area (Å²) < 4.78 is 28.9. The van der Waals surface area contributed by atoms with Gasteiger partial charge >= 0.3 is 0 Å². The Morgan fingerprint density at radius 3 is 2.58 bits per heavy atom. The number of nitrogens with zero attached hydrogens (tertiary/aromatic N) is 3. The minimum atomic E-state index is -3.16. The fraction of sp³-hybridized carbons (Fsp3) is 0.750. The van der Waals surface area contributed by atoms with Crippen LogP contribution in [-0.2, 0) is 21.1 Å². The van der Waals surface area contributed by atoms with Crippen molar-refractivity contribution in [3.05, 3.63) is 16.1 Å². The van der Waals surface area contributed by atoms with E-state index in [4.69, 9.17) is 4.74 Å². The first-order valence-electron chi connectivity index (χ1n) is 8.13. The lowest BCUT2D eigenvalue weighted by Crippen LogP contribution is -2.42. The van der Waals surface area contributed by atoms with Crippen molar-refractivity contribution in [2.45, 2.75) is 45.1 Å². The molecule has 0 amide bonds. The molecule has 1 atom stereocenters. The molecule has 26 heavy (non-hydrogen) atoms. The van der Waals surface area contributed by atoms with E-state index >= 15 is 0 Å². The first-order chi connectivity index (χ1) is 11.5. The first kappa shape index (κ1) is 25.5. The first-order valence-corrected chi connectivity index (χ1v) is 10.7. The largest absolute Gasteiger partial charge is 0.375 e. The lowest BCUT2D eigenvalue weighted by Gasteiger charge is -2.23. The van der Waals surface area contributed by atoms with Crippen LogP contribution in [0.25, 0.3) is 0 Å². The Morgan fingerprint density at radius 1 is 1.46 bits per heavy atom. The number of ether oxygens (including phenoxy) is 1. The molecule has 1 unspecified atom stereocenters. The molecule has 1 rings (SSSR count). The van der Waals surface area contributed by atoms with Crippen LogP contribution in [0.3, 0.4) is 0 Å². The van der Waals surface area contributed by atoms with Crippen molar-refractivity contribution in [3.63, 3.8) is 0 Å². The van der Waals surface area contributed by atoms with Crippen LogP contribution in [0.2, 0.25) is 0 Å². The molecule has 1 aromatic heterocycles. The Kier molecular flexibility index (Phi) is 10.6. The van der Waals surface area contributed by atoms with E-state index in [-0.39, 0.29) is 35.8 Å². The van der Waals surface area contributed by atoms with Crippen molar-refractivity contribution in [1.29, 1.82) is 0 Å². The zero-order valence-corrected chi connectivity index (χ0v) is 20.5. The molecule has 0 aliphatic rings. The van der Waals surface area contributed by atoms with Crippen LogP contribution in [0.1, 0.15) is 44.5 Å². The summed E-state index contributed by atoms with van der Waals surface area (Å²) in [5.74, 6) is 0.702. The third kappa shape index (κ3) is 7.28. The number of hydrogen-bond acceptors (Lipinski definition) is 6. The molecule has 0 aliphatic heterocycles. The van der Waals surface area contributed by atoms with Crippen molar-refractivity contribution < 1.29 is 13.2 Å². The molecule has 0 saturated carbocycles. The highest BCUT2D eigenvalue weighted by Gasteiger charge is 2.28. The summed E-state index contributed by atoms with van der Waals surface area (Å²) in [5, 5.41) is 6.04. The van der Waals surface area contributed by atoms with Gasteiger partial charge in [0.05, 0.1) is 22.7 Å². The molecule has 1 heterocycles. The number of halogens is 1. The molecule has 0 aliphatic carbocycles. The lowest BCUT2D eigenvalue weighted by molar-refractivity contribution is 0.119. The highest BCUT2D eigenvalue weighted by Crippen LogP contribution is 2.21. The Hall–Kier alpha value is -0.460. The number of methoxy groups -OCH3 is 1. The van der Waals surface area contributed by atoms with Crippen molar-refractivity contribution in [3.8, 4) is 0 Å². The Morgan fingerprint density at radius 2 is 2.08 bits per heavy atom. The van der Waals surface area contributed by atoms with E-state index in [1.807, 2.05) is 24.3 Å². The molecule has 152 valence electrons. The van der Waals surface area contributed by atoms with Crippen molar-refractivity contribution in [1.82, 2.24) is 15.2 Å². The maximum Gasteiger partial charge on any atom is 0.193 e. The number of guanidine groups is 1. The average Bonchev–Trinajstić information content (AvgIpc) is 2.97. The number of aromatic nitrogens is 1. The van der Waals surface area contributed by atoms with Gasteiger partial charge in [0.1, 0.15) is 11.1 Å². The summed E-state index contributed by atoms with van der Waals surface area (Å²) in [4.78, 5) is 10.7. The number of thiazole rings is 1. The van der Waals surface area contributed by atoms with E-state index in [2.05, 4.69) is 15.3 Å². The lowest BCUT2D eigenvalue weighted by atomic mass is 10.3. The highest BCUT2D eigenvalue weighted by molar-refractivity contribution is 14.0. The molecule has 0 fully saturated rings. The van der Waals surface area contributed by atoms with Gasteiger partial charge in [-0.2, -0.15) is 0 Å². The Labute approximate surface area is 178 Å². The van der Waals surface area contributed by atoms with Crippen LogP contribution in [-0.4, -0.2) is 62.5 Å². The second kappa shape index (κ2) is 10.8. The standard InChI is InChI=1S/C16H30N4O3S2.HI/c1-12(23-7)14-19-13(11-24-14)10-20(6)15(17-5)18-8-9-25(21,22)16(2,3)4;/h11-12H,8-10H2,1-7H3,(H,17,18);1H. The van der Waals surface area contributed by atoms with Crippen LogP contribution in [0.15, 0.2) is 10.4 Å². The van der Waals surface area contributed by atoms with Crippen molar-refractivity contribution in [2.24, 2.45) is 4.99 Å². The average molecular weight is 518 g/mol. The fourth-order valence-electron chi connectivity index (χ4n) is 1.99. The summed E-state index contributed by atoms with van der Waals surface area (Å²) >= 11 is 1.57. The van der Waals surface area contributed by atoms with Gasteiger partial charge in [-0.3, -0.25) is 4.99 Å². The number of nitrogens with one attached hydrogen (secondary N) is 1. The van der Waals surface area contributed by atoms with E-state index in [1.165, 1.54) is 0 Å². The minimum Gasteiger partial charge on any atom is -0.375 e.